The van der Waals surface area contributed by atoms with Crippen LogP contribution in [0.5, 0.6) is 0 Å². The van der Waals surface area contributed by atoms with E-state index < -0.39 is 11.7 Å². The van der Waals surface area contributed by atoms with Gasteiger partial charge in [-0.2, -0.15) is 0 Å². The molecule has 0 bridgehead atoms. The van der Waals surface area contributed by atoms with Gasteiger partial charge in [-0.1, -0.05) is 60.7 Å². The maximum absolute atomic E-state index is 11.7. The van der Waals surface area contributed by atoms with Crippen LogP contribution in [0.3, 0.4) is 0 Å². The predicted molar refractivity (Wildman–Crippen MR) is 91.0 cm³/mol. The molecule has 0 spiro atoms. The first-order valence-electron chi connectivity index (χ1n) is 8.71. The molecule has 0 heterocycles. The fourth-order valence-corrected chi connectivity index (χ4v) is 4.14. The van der Waals surface area contributed by atoms with E-state index in [9.17, 15) is 10.2 Å². The molecule has 2 nitrogen and oxygen atoms in total. The van der Waals surface area contributed by atoms with E-state index in [1.807, 2.05) is 60.7 Å². The van der Waals surface area contributed by atoms with Crippen LogP contribution in [0.2, 0.25) is 0 Å². The second kappa shape index (κ2) is 5.77. The zero-order chi connectivity index (χ0) is 15.9. The second-order valence-electron chi connectivity index (χ2n) is 7.18. The van der Waals surface area contributed by atoms with E-state index in [4.69, 9.17) is 0 Å². The van der Waals surface area contributed by atoms with E-state index in [-0.39, 0.29) is 5.92 Å². The van der Waals surface area contributed by atoms with Gasteiger partial charge in [0.1, 0.15) is 0 Å². The molecule has 0 aromatic heterocycles. The number of benzene rings is 2. The molecule has 23 heavy (non-hydrogen) atoms. The first-order valence-corrected chi connectivity index (χ1v) is 8.71. The Morgan fingerprint density at radius 3 is 1.61 bits per heavy atom. The van der Waals surface area contributed by atoms with Gasteiger partial charge in [-0.05, 0) is 48.6 Å². The van der Waals surface area contributed by atoms with Gasteiger partial charge in [0.15, 0.2) is 0 Å². The van der Waals surface area contributed by atoms with Gasteiger partial charge < -0.3 is 10.2 Å². The van der Waals surface area contributed by atoms with E-state index in [0.29, 0.717) is 11.8 Å². The first-order chi connectivity index (χ1) is 11.2. The quantitative estimate of drug-likeness (QED) is 0.845. The Morgan fingerprint density at radius 2 is 1.17 bits per heavy atom. The molecule has 2 aromatic carbocycles. The normalized spacial score (nSPS) is 21.0. The smallest absolute Gasteiger partial charge is 0.0886 e. The number of aliphatic hydroxyl groups is 2. The van der Waals surface area contributed by atoms with Crippen molar-refractivity contribution in [2.24, 2.45) is 11.8 Å². The van der Waals surface area contributed by atoms with Crippen LogP contribution >= 0.6 is 0 Å². The van der Waals surface area contributed by atoms with Crippen LogP contribution in [0, 0.1) is 11.8 Å². The predicted octanol–water partition coefficient (Wildman–Crippen LogP) is 4.05. The van der Waals surface area contributed by atoms with E-state index in [1.165, 1.54) is 0 Å². The molecule has 2 fully saturated rings. The summed E-state index contributed by atoms with van der Waals surface area (Å²) >= 11 is 0. The van der Waals surface area contributed by atoms with Gasteiger partial charge >= 0.3 is 0 Å². The summed E-state index contributed by atoms with van der Waals surface area (Å²) in [5, 5.41) is 22.8. The van der Waals surface area contributed by atoms with Gasteiger partial charge in [-0.3, -0.25) is 0 Å². The van der Waals surface area contributed by atoms with E-state index in [1.54, 1.807) is 0 Å². The van der Waals surface area contributed by atoms with Gasteiger partial charge in [0.25, 0.3) is 0 Å². The van der Waals surface area contributed by atoms with E-state index >= 15 is 0 Å². The highest BCUT2D eigenvalue weighted by molar-refractivity contribution is 5.32. The van der Waals surface area contributed by atoms with Crippen molar-refractivity contribution in [1.29, 1.82) is 0 Å². The number of aliphatic hydroxyl groups excluding tert-OH is 1. The summed E-state index contributed by atoms with van der Waals surface area (Å²) < 4.78 is 0. The average molecular weight is 308 g/mol. The highest BCUT2D eigenvalue weighted by Gasteiger charge is 2.59. The Hall–Kier alpha value is -1.64. The molecule has 2 heteroatoms. The molecular formula is C21H24O2. The molecule has 2 aromatic rings. The topological polar surface area (TPSA) is 40.5 Å². The standard InChI is InChI=1S/C21H24O2/c22-20(16-9-5-2-6-10-16)19(15-7-3-1-4-8-15)21(23,17-11-12-17)18-13-14-18/h1-10,17-20,22-23H,11-14H2/t19-,20+/m0/s1. The van der Waals surface area contributed by atoms with Crippen LogP contribution in [0.4, 0.5) is 0 Å². The van der Waals surface area contributed by atoms with Crippen molar-refractivity contribution in [3.05, 3.63) is 71.8 Å². The van der Waals surface area contributed by atoms with Crippen LogP contribution in [0.15, 0.2) is 60.7 Å². The minimum Gasteiger partial charge on any atom is -0.389 e. The van der Waals surface area contributed by atoms with Crippen LogP contribution in [0.25, 0.3) is 0 Å². The lowest BCUT2D eigenvalue weighted by Gasteiger charge is -2.40. The SMILES string of the molecule is O[C@H](c1ccccc1)[C@H](c1ccccc1)C(O)(C1CC1)C1CC1. The summed E-state index contributed by atoms with van der Waals surface area (Å²) in [7, 11) is 0. The van der Waals surface area contributed by atoms with Gasteiger partial charge in [0, 0.05) is 5.92 Å². The maximum Gasteiger partial charge on any atom is 0.0886 e. The molecule has 2 saturated carbocycles. The molecule has 2 N–H and O–H groups in total. The third-order valence-electron chi connectivity index (χ3n) is 5.58. The molecule has 0 unspecified atom stereocenters. The molecule has 0 saturated heterocycles. The molecule has 0 amide bonds. The van der Waals surface area contributed by atoms with Crippen LogP contribution in [-0.4, -0.2) is 15.8 Å². The largest absolute Gasteiger partial charge is 0.389 e. The molecule has 0 radical (unpaired) electrons. The zero-order valence-corrected chi connectivity index (χ0v) is 13.3. The van der Waals surface area contributed by atoms with Crippen LogP contribution in [0.1, 0.15) is 48.8 Å². The Balaban J connectivity index is 1.78. The summed E-state index contributed by atoms with van der Waals surface area (Å²) in [6.45, 7) is 0. The fourth-order valence-electron chi connectivity index (χ4n) is 4.14. The Bertz CT molecular complexity index is 632. The lowest BCUT2D eigenvalue weighted by molar-refractivity contribution is -0.0705. The van der Waals surface area contributed by atoms with Crippen molar-refractivity contribution in [2.75, 3.05) is 0 Å². The van der Waals surface area contributed by atoms with Gasteiger partial charge in [-0.25, -0.2) is 0 Å². The van der Waals surface area contributed by atoms with Crippen molar-refractivity contribution in [1.82, 2.24) is 0 Å². The first kappa shape index (κ1) is 14.9. The third kappa shape index (κ3) is 2.71. The molecule has 120 valence electrons. The van der Waals surface area contributed by atoms with Gasteiger partial charge in [-0.15, -0.1) is 0 Å². The third-order valence-corrected chi connectivity index (χ3v) is 5.58. The lowest BCUT2D eigenvalue weighted by Crippen LogP contribution is -2.44. The Morgan fingerprint density at radius 1 is 0.739 bits per heavy atom. The summed E-state index contributed by atoms with van der Waals surface area (Å²) in [6.07, 6.45) is 3.65. The van der Waals surface area contributed by atoms with Crippen molar-refractivity contribution in [2.45, 2.75) is 43.3 Å². The van der Waals surface area contributed by atoms with Crippen molar-refractivity contribution in [3.63, 3.8) is 0 Å². The molecule has 2 atom stereocenters. The molecule has 4 rings (SSSR count). The van der Waals surface area contributed by atoms with Crippen LogP contribution < -0.4 is 0 Å². The average Bonchev–Trinajstić information content (AvgIpc) is 3.49. The van der Waals surface area contributed by atoms with E-state index in [2.05, 4.69) is 0 Å². The van der Waals surface area contributed by atoms with Gasteiger partial charge in [0.05, 0.1) is 11.7 Å². The Kier molecular flexibility index (Phi) is 3.74. The van der Waals surface area contributed by atoms with Crippen molar-refractivity contribution < 1.29 is 10.2 Å². The van der Waals surface area contributed by atoms with E-state index in [0.717, 1.165) is 36.8 Å². The second-order valence-corrected chi connectivity index (χ2v) is 7.18. The van der Waals surface area contributed by atoms with Gasteiger partial charge in [0.2, 0.25) is 0 Å². The fraction of sp³-hybridized carbons (Fsp3) is 0.429. The number of hydrogen-bond donors (Lipinski definition) is 2. The number of hydrogen-bond acceptors (Lipinski definition) is 2. The summed E-state index contributed by atoms with van der Waals surface area (Å²) in [5.41, 5.74) is 1.16. The lowest BCUT2D eigenvalue weighted by atomic mass is 9.71. The number of rotatable bonds is 6. The zero-order valence-electron chi connectivity index (χ0n) is 13.3. The molecule has 0 aliphatic heterocycles. The van der Waals surface area contributed by atoms with Crippen LogP contribution in [-0.2, 0) is 0 Å². The molecule has 2 aliphatic rings. The van der Waals surface area contributed by atoms with Crippen molar-refractivity contribution >= 4 is 0 Å². The summed E-state index contributed by atoms with van der Waals surface area (Å²) in [5.74, 6) is 0.406. The van der Waals surface area contributed by atoms with Crippen molar-refractivity contribution in [3.8, 4) is 0 Å². The Labute approximate surface area is 137 Å². The highest BCUT2D eigenvalue weighted by Crippen LogP contribution is 2.60. The summed E-state index contributed by atoms with van der Waals surface area (Å²) in [4.78, 5) is 0. The highest BCUT2D eigenvalue weighted by atomic mass is 16.3. The molecular weight excluding hydrogens is 284 g/mol. The maximum atomic E-state index is 11.7. The minimum absolute atomic E-state index is 0.258. The molecule has 2 aliphatic carbocycles. The summed E-state index contributed by atoms with van der Waals surface area (Å²) in [6, 6.07) is 19.9. The monoisotopic (exact) mass is 308 g/mol. The minimum atomic E-state index is -0.781.